The molecule has 1 aromatic carbocycles. The van der Waals surface area contributed by atoms with E-state index in [0.717, 1.165) is 12.2 Å². The first-order valence-corrected chi connectivity index (χ1v) is 5.41. The number of hydrogen-bond acceptors (Lipinski definition) is 2. The van der Waals surface area contributed by atoms with Crippen LogP contribution in [0.3, 0.4) is 0 Å². The van der Waals surface area contributed by atoms with E-state index in [-0.39, 0.29) is 6.61 Å². The molecule has 0 saturated carbocycles. The molecule has 1 rings (SSSR count). The average Bonchev–Trinajstić information content (AvgIpc) is 2.16. The van der Waals surface area contributed by atoms with Crippen molar-refractivity contribution in [1.82, 2.24) is 0 Å². The molecule has 0 aliphatic carbocycles. The minimum Gasteiger partial charge on any atom is -0.396 e. The molecule has 0 fully saturated rings. The van der Waals surface area contributed by atoms with Crippen LogP contribution < -0.4 is 5.32 Å². The smallest absolute Gasteiger partial charge is 0.0475 e. The number of nitrogens with one attached hydrogen (secondary N) is 1. The number of para-hydroxylation sites is 1. The Bertz CT molecular complexity index is 265. The zero-order valence-electron chi connectivity index (χ0n) is 7.63. The Morgan fingerprint density at radius 2 is 2.15 bits per heavy atom. The van der Waals surface area contributed by atoms with Gasteiger partial charge >= 0.3 is 0 Å². The summed E-state index contributed by atoms with van der Waals surface area (Å²) < 4.78 is 1.21. The Balaban J connectivity index is 2.50. The topological polar surface area (TPSA) is 32.3 Å². The van der Waals surface area contributed by atoms with Crippen molar-refractivity contribution in [3.8, 4) is 0 Å². The summed E-state index contributed by atoms with van der Waals surface area (Å²) in [6, 6.07) is 8.13. The van der Waals surface area contributed by atoms with Gasteiger partial charge in [0.2, 0.25) is 0 Å². The molecule has 2 nitrogen and oxygen atoms in total. The van der Waals surface area contributed by atoms with Gasteiger partial charge in [-0.1, -0.05) is 19.1 Å². The Kier molecular flexibility index (Phi) is 4.52. The summed E-state index contributed by atoms with van der Waals surface area (Å²) in [5.74, 6) is 0.302. The molecule has 0 spiro atoms. The van der Waals surface area contributed by atoms with E-state index in [1.54, 1.807) is 0 Å². The first kappa shape index (κ1) is 10.8. The normalized spacial score (nSPS) is 12.5. The van der Waals surface area contributed by atoms with Crippen molar-refractivity contribution in [2.75, 3.05) is 18.5 Å². The van der Waals surface area contributed by atoms with Gasteiger partial charge in [-0.15, -0.1) is 0 Å². The highest BCUT2D eigenvalue weighted by Gasteiger charge is 2.01. The van der Waals surface area contributed by atoms with Crippen molar-refractivity contribution >= 4 is 28.3 Å². The predicted octanol–water partition coefficient (Wildman–Crippen LogP) is 2.33. The molecular weight excluding hydrogens is 277 g/mol. The van der Waals surface area contributed by atoms with Gasteiger partial charge < -0.3 is 10.4 Å². The molecule has 0 bridgehead atoms. The monoisotopic (exact) mass is 291 g/mol. The largest absolute Gasteiger partial charge is 0.396 e. The highest BCUT2D eigenvalue weighted by atomic mass is 127. The Morgan fingerprint density at radius 3 is 2.77 bits per heavy atom. The minimum absolute atomic E-state index is 0.233. The van der Waals surface area contributed by atoms with Gasteiger partial charge in [-0.05, 0) is 40.6 Å². The lowest BCUT2D eigenvalue weighted by atomic mass is 10.2. The third-order valence-electron chi connectivity index (χ3n) is 1.83. The molecule has 0 aliphatic rings. The number of aliphatic hydroxyl groups is 1. The van der Waals surface area contributed by atoms with Crippen LogP contribution in [-0.4, -0.2) is 18.3 Å². The molecular formula is C10H14INO. The molecule has 0 radical (unpaired) electrons. The first-order chi connectivity index (χ1) is 6.24. The van der Waals surface area contributed by atoms with E-state index in [4.69, 9.17) is 5.11 Å². The molecule has 0 heterocycles. The fourth-order valence-electron chi connectivity index (χ4n) is 0.953. The number of anilines is 1. The minimum atomic E-state index is 0.233. The van der Waals surface area contributed by atoms with E-state index in [1.165, 1.54) is 3.57 Å². The van der Waals surface area contributed by atoms with Crippen LogP contribution in [0.2, 0.25) is 0 Å². The second kappa shape index (κ2) is 5.44. The van der Waals surface area contributed by atoms with Crippen LogP contribution in [0.4, 0.5) is 5.69 Å². The zero-order valence-corrected chi connectivity index (χ0v) is 9.78. The summed E-state index contributed by atoms with van der Waals surface area (Å²) >= 11 is 2.29. The molecule has 1 atom stereocenters. The van der Waals surface area contributed by atoms with Crippen LogP contribution in [0.25, 0.3) is 0 Å². The SMILES string of the molecule is CC(CO)CNc1ccccc1I. The van der Waals surface area contributed by atoms with Gasteiger partial charge in [0, 0.05) is 22.4 Å². The van der Waals surface area contributed by atoms with Gasteiger partial charge in [-0.2, -0.15) is 0 Å². The quantitative estimate of drug-likeness (QED) is 0.835. The molecule has 0 aromatic heterocycles. The number of halogens is 1. The summed E-state index contributed by atoms with van der Waals surface area (Å²) in [5.41, 5.74) is 1.14. The number of aliphatic hydroxyl groups excluding tert-OH is 1. The second-order valence-electron chi connectivity index (χ2n) is 3.15. The lowest BCUT2D eigenvalue weighted by molar-refractivity contribution is 0.244. The third kappa shape index (κ3) is 3.52. The summed E-state index contributed by atoms with van der Waals surface area (Å²) in [5, 5.41) is 12.1. The fraction of sp³-hybridized carbons (Fsp3) is 0.400. The van der Waals surface area contributed by atoms with Crippen molar-refractivity contribution in [1.29, 1.82) is 0 Å². The van der Waals surface area contributed by atoms with Gasteiger partial charge in [0.15, 0.2) is 0 Å². The van der Waals surface area contributed by atoms with E-state index in [9.17, 15) is 0 Å². The van der Waals surface area contributed by atoms with Crippen LogP contribution in [0, 0.1) is 9.49 Å². The van der Waals surface area contributed by atoms with Crippen LogP contribution in [0.1, 0.15) is 6.92 Å². The first-order valence-electron chi connectivity index (χ1n) is 4.33. The van der Waals surface area contributed by atoms with Crippen LogP contribution in [-0.2, 0) is 0 Å². The number of hydrogen-bond donors (Lipinski definition) is 2. The fourth-order valence-corrected chi connectivity index (χ4v) is 1.53. The number of rotatable bonds is 4. The standard InChI is InChI=1S/C10H14INO/c1-8(7-13)6-12-10-5-3-2-4-9(10)11/h2-5,8,12-13H,6-7H2,1H3. The maximum atomic E-state index is 8.84. The van der Waals surface area contributed by atoms with Gasteiger partial charge in [-0.3, -0.25) is 0 Å². The van der Waals surface area contributed by atoms with Crippen molar-refractivity contribution in [2.45, 2.75) is 6.92 Å². The molecule has 0 amide bonds. The Hall–Kier alpha value is -0.290. The lowest BCUT2D eigenvalue weighted by Gasteiger charge is -2.11. The Morgan fingerprint density at radius 1 is 1.46 bits per heavy atom. The van der Waals surface area contributed by atoms with E-state index >= 15 is 0 Å². The van der Waals surface area contributed by atoms with Crippen molar-refractivity contribution in [3.05, 3.63) is 27.8 Å². The van der Waals surface area contributed by atoms with Gasteiger partial charge in [0.25, 0.3) is 0 Å². The maximum absolute atomic E-state index is 8.84. The molecule has 1 aromatic rings. The highest BCUT2D eigenvalue weighted by Crippen LogP contribution is 2.16. The van der Waals surface area contributed by atoms with E-state index in [0.29, 0.717) is 5.92 Å². The predicted molar refractivity (Wildman–Crippen MR) is 63.9 cm³/mol. The molecule has 2 N–H and O–H groups in total. The second-order valence-corrected chi connectivity index (χ2v) is 4.31. The van der Waals surface area contributed by atoms with Crippen LogP contribution >= 0.6 is 22.6 Å². The van der Waals surface area contributed by atoms with Crippen molar-refractivity contribution in [3.63, 3.8) is 0 Å². The van der Waals surface area contributed by atoms with E-state index < -0.39 is 0 Å². The molecule has 72 valence electrons. The number of benzene rings is 1. The summed E-state index contributed by atoms with van der Waals surface area (Å²) in [6.45, 7) is 3.07. The van der Waals surface area contributed by atoms with Crippen molar-refractivity contribution in [2.24, 2.45) is 5.92 Å². The van der Waals surface area contributed by atoms with Crippen molar-refractivity contribution < 1.29 is 5.11 Å². The van der Waals surface area contributed by atoms with Crippen LogP contribution in [0.15, 0.2) is 24.3 Å². The molecule has 3 heteroatoms. The molecule has 1 unspecified atom stereocenters. The average molecular weight is 291 g/mol. The summed E-state index contributed by atoms with van der Waals surface area (Å²) in [6.07, 6.45) is 0. The lowest BCUT2D eigenvalue weighted by Crippen LogP contribution is -2.14. The van der Waals surface area contributed by atoms with Crippen LogP contribution in [0.5, 0.6) is 0 Å². The molecule has 0 aliphatic heterocycles. The van der Waals surface area contributed by atoms with Gasteiger partial charge in [0.1, 0.15) is 0 Å². The Labute approximate surface area is 92.5 Å². The van der Waals surface area contributed by atoms with Gasteiger partial charge in [-0.25, -0.2) is 0 Å². The van der Waals surface area contributed by atoms with E-state index in [1.807, 2.05) is 25.1 Å². The highest BCUT2D eigenvalue weighted by molar-refractivity contribution is 14.1. The molecule has 13 heavy (non-hydrogen) atoms. The zero-order chi connectivity index (χ0) is 9.68. The van der Waals surface area contributed by atoms with Gasteiger partial charge in [0.05, 0.1) is 0 Å². The summed E-state index contributed by atoms with van der Waals surface area (Å²) in [4.78, 5) is 0. The molecule has 0 saturated heterocycles. The third-order valence-corrected chi connectivity index (χ3v) is 2.77. The van der Waals surface area contributed by atoms with E-state index in [2.05, 4.69) is 34.0 Å². The summed E-state index contributed by atoms with van der Waals surface area (Å²) in [7, 11) is 0. The maximum Gasteiger partial charge on any atom is 0.0475 e.